The van der Waals surface area contributed by atoms with E-state index in [1.807, 2.05) is 38.1 Å². The summed E-state index contributed by atoms with van der Waals surface area (Å²) in [6, 6.07) is 13.6. The number of benzene rings is 2. The van der Waals surface area contributed by atoms with Crippen LogP contribution in [0.15, 0.2) is 53.4 Å². The normalized spacial score (nSPS) is 17.1. The SMILES string of the molecule is Cc1ccccc1CS(=O)(=O)N1CCC(C(=O)N[C@@H](C)c2ccc(S(C)(=O)=O)cc2)CC1. The number of piperidine rings is 1. The molecule has 3 rings (SSSR count). The highest BCUT2D eigenvalue weighted by Gasteiger charge is 2.31. The zero-order valence-electron chi connectivity index (χ0n) is 18.6. The van der Waals surface area contributed by atoms with Crippen LogP contribution in [0, 0.1) is 12.8 Å². The van der Waals surface area contributed by atoms with E-state index < -0.39 is 19.9 Å². The van der Waals surface area contributed by atoms with Crippen molar-refractivity contribution in [2.45, 2.75) is 43.4 Å². The van der Waals surface area contributed by atoms with Crippen molar-refractivity contribution in [1.29, 1.82) is 0 Å². The Morgan fingerprint density at radius 3 is 2.19 bits per heavy atom. The fraction of sp³-hybridized carbons (Fsp3) is 0.435. The molecule has 2 aromatic rings. The van der Waals surface area contributed by atoms with Gasteiger partial charge in [0, 0.05) is 25.3 Å². The van der Waals surface area contributed by atoms with Gasteiger partial charge in [0.15, 0.2) is 9.84 Å². The van der Waals surface area contributed by atoms with E-state index in [9.17, 15) is 21.6 Å². The van der Waals surface area contributed by atoms with E-state index in [-0.39, 0.29) is 28.5 Å². The summed E-state index contributed by atoms with van der Waals surface area (Å²) in [6.07, 6.45) is 2.10. The zero-order valence-corrected chi connectivity index (χ0v) is 20.2. The summed E-state index contributed by atoms with van der Waals surface area (Å²) in [5.74, 6) is -0.393. The lowest BCUT2D eigenvalue weighted by molar-refractivity contribution is -0.126. The Morgan fingerprint density at radius 1 is 1.03 bits per heavy atom. The Bertz CT molecular complexity index is 1170. The smallest absolute Gasteiger partial charge is 0.223 e. The van der Waals surface area contributed by atoms with E-state index in [0.29, 0.717) is 25.9 Å². The van der Waals surface area contributed by atoms with Crippen molar-refractivity contribution in [3.8, 4) is 0 Å². The van der Waals surface area contributed by atoms with E-state index in [2.05, 4.69) is 5.32 Å². The summed E-state index contributed by atoms with van der Waals surface area (Å²) in [5, 5.41) is 2.97. The first-order chi connectivity index (χ1) is 15.0. The first-order valence-electron chi connectivity index (χ1n) is 10.6. The fourth-order valence-electron chi connectivity index (χ4n) is 3.87. The second-order valence-corrected chi connectivity index (χ2v) is 12.4. The number of nitrogens with one attached hydrogen (secondary N) is 1. The van der Waals surface area contributed by atoms with Crippen LogP contribution in [-0.2, 0) is 30.4 Å². The highest BCUT2D eigenvalue weighted by atomic mass is 32.2. The van der Waals surface area contributed by atoms with E-state index in [0.717, 1.165) is 22.9 Å². The molecule has 32 heavy (non-hydrogen) atoms. The van der Waals surface area contributed by atoms with Gasteiger partial charge in [-0.3, -0.25) is 4.79 Å². The van der Waals surface area contributed by atoms with Gasteiger partial charge in [0.05, 0.1) is 16.7 Å². The minimum atomic E-state index is -3.44. The second kappa shape index (κ2) is 9.72. The molecule has 0 radical (unpaired) electrons. The molecule has 0 aromatic heterocycles. The maximum absolute atomic E-state index is 12.8. The number of hydrogen-bond donors (Lipinski definition) is 1. The van der Waals surface area contributed by atoms with Crippen LogP contribution in [0.3, 0.4) is 0 Å². The molecule has 7 nitrogen and oxygen atoms in total. The van der Waals surface area contributed by atoms with Gasteiger partial charge in [-0.2, -0.15) is 0 Å². The highest BCUT2D eigenvalue weighted by molar-refractivity contribution is 7.90. The van der Waals surface area contributed by atoms with Crippen molar-refractivity contribution in [1.82, 2.24) is 9.62 Å². The number of amides is 1. The number of sulfonamides is 1. The molecule has 0 saturated carbocycles. The largest absolute Gasteiger partial charge is 0.349 e. The number of rotatable bonds is 7. The molecule has 2 aromatic carbocycles. The summed E-state index contributed by atoms with van der Waals surface area (Å²) >= 11 is 0. The average Bonchev–Trinajstić information content (AvgIpc) is 2.75. The molecule has 1 N–H and O–H groups in total. The predicted molar refractivity (Wildman–Crippen MR) is 124 cm³/mol. The van der Waals surface area contributed by atoms with Gasteiger partial charge < -0.3 is 5.32 Å². The molecule has 1 heterocycles. The maximum atomic E-state index is 12.8. The quantitative estimate of drug-likeness (QED) is 0.660. The van der Waals surface area contributed by atoms with E-state index in [4.69, 9.17) is 0 Å². The van der Waals surface area contributed by atoms with E-state index >= 15 is 0 Å². The lowest BCUT2D eigenvalue weighted by Crippen LogP contribution is -2.43. The zero-order chi connectivity index (χ0) is 23.5. The molecule has 1 aliphatic heterocycles. The molecular weight excluding hydrogens is 448 g/mol. The van der Waals surface area contributed by atoms with Gasteiger partial charge >= 0.3 is 0 Å². The fourth-order valence-corrected chi connectivity index (χ4v) is 6.17. The summed E-state index contributed by atoms with van der Waals surface area (Å²) in [6.45, 7) is 4.39. The van der Waals surface area contributed by atoms with Crippen LogP contribution in [0.25, 0.3) is 0 Å². The molecule has 1 atom stereocenters. The molecule has 0 aliphatic carbocycles. The predicted octanol–water partition coefficient (Wildman–Crippen LogP) is 2.82. The molecule has 1 amide bonds. The number of aryl methyl sites for hydroxylation is 1. The molecule has 1 fully saturated rings. The van der Waals surface area contributed by atoms with Gasteiger partial charge in [0.25, 0.3) is 0 Å². The van der Waals surface area contributed by atoms with Gasteiger partial charge in [-0.15, -0.1) is 0 Å². The molecule has 0 spiro atoms. The third kappa shape index (κ3) is 5.96. The first-order valence-corrected chi connectivity index (χ1v) is 14.1. The van der Waals surface area contributed by atoms with Gasteiger partial charge in [-0.05, 0) is 55.5 Å². The van der Waals surface area contributed by atoms with Crippen LogP contribution in [0.1, 0.15) is 42.5 Å². The van der Waals surface area contributed by atoms with Crippen molar-refractivity contribution in [2.75, 3.05) is 19.3 Å². The number of carbonyl (C=O) groups excluding carboxylic acids is 1. The molecule has 9 heteroatoms. The van der Waals surface area contributed by atoms with Gasteiger partial charge in [-0.1, -0.05) is 36.4 Å². The maximum Gasteiger partial charge on any atom is 0.223 e. The summed E-state index contributed by atoms with van der Waals surface area (Å²) in [5.41, 5.74) is 2.55. The third-order valence-electron chi connectivity index (χ3n) is 5.98. The van der Waals surface area contributed by atoms with Crippen LogP contribution in [0.4, 0.5) is 0 Å². The van der Waals surface area contributed by atoms with Crippen molar-refractivity contribution < 1.29 is 21.6 Å². The number of nitrogens with zero attached hydrogens (tertiary/aromatic N) is 1. The summed E-state index contributed by atoms with van der Waals surface area (Å²) < 4.78 is 50.3. The Kier molecular flexibility index (Phi) is 7.42. The third-order valence-corrected chi connectivity index (χ3v) is 8.94. The molecule has 0 bridgehead atoms. The second-order valence-electron chi connectivity index (χ2n) is 8.43. The summed E-state index contributed by atoms with van der Waals surface area (Å²) in [4.78, 5) is 13.0. The van der Waals surface area contributed by atoms with Crippen LogP contribution in [0.2, 0.25) is 0 Å². The molecule has 1 aliphatic rings. The number of carbonyl (C=O) groups is 1. The van der Waals surface area contributed by atoms with E-state index in [1.165, 1.54) is 16.4 Å². The highest BCUT2D eigenvalue weighted by Crippen LogP contribution is 2.24. The van der Waals surface area contributed by atoms with Crippen molar-refractivity contribution in [3.63, 3.8) is 0 Å². The Labute approximate surface area is 190 Å². The van der Waals surface area contributed by atoms with E-state index in [1.54, 1.807) is 12.1 Å². The Balaban J connectivity index is 1.55. The lowest BCUT2D eigenvalue weighted by Gasteiger charge is -2.31. The minimum absolute atomic E-state index is 0.0307. The van der Waals surface area contributed by atoms with Gasteiger partial charge in [-0.25, -0.2) is 21.1 Å². The van der Waals surface area contributed by atoms with Crippen molar-refractivity contribution in [3.05, 3.63) is 65.2 Å². The van der Waals surface area contributed by atoms with Crippen molar-refractivity contribution in [2.24, 2.45) is 5.92 Å². The standard InChI is InChI=1S/C23H30N2O5S2/c1-17-6-4-5-7-21(17)16-32(29,30)25-14-12-20(13-15-25)23(26)24-18(2)19-8-10-22(11-9-19)31(3,27)28/h4-11,18,20H,12-16H2,1-3H3,(H,24,26)/t18-/m0/s1. The Morgan fingerprint density at radius 2 is 1.62 bits per heavy atom. The first kappa shape index (κ1) is 24.4. The monoisotopic (exact) mass is 478 g/mol. The van der Waals surface area contributed by atoms with Gasteiger partial charge in [0.1, 0.15) is 0 Å². The van der Waals surface area contributed by atoms with Crippen molar-refractivity contribution >= 4 is 25.8 Å². The van der Waals surface area contributed by atoms with Crippen LogP contribution >= 0.6 is 0 Å². The average molecular weight is 479 g/mol. The topological polar surface area (TPSA) is 101 Å². The van der Waals surface area contributed by atoms with Crippen LogP contribution in [-0.4, -0.2) is 46.4 Å². The minimum Gasteiger partial charge on any atom is -0.349 e. The molecule has 1 saturated heterocycles. The lowest BCUT2D eigenvalue weighted by atomic mass is 9.96. The van der Waals surface area contributed by atoms with Crippen LogP contribution in [0.5, 0.6) is 0 Å². The number of sulfone groups is 1. The molecule has 174 valence electrons. The van der Waals surface area contributed by atoms with Crippen LogP contribution < -0.4 is 5.32 Å². The Hall–Kier alpha value is -2.23. The number of hydrogen-bond acceptors (Lipinski definition) is 5. The molecular formula is C23H30N2O5S2. The molecule has 0 unspecified atom stereocenters. The van der Waals surface area contributed by atoms with Gasteiger partial charge in [0.2, 0.25) is 15.9 Å². The summed E-state index contributed by atoms with van der Waals surface area (Å²) in [7, 11) is -6.70.